The van der Waals surface area contributed by atoms with E-state index in [1.165, 1.54) is 11.6 Å². The van der Waals surface area contributed by atoms with E-state index >= 15 is 0 Å². The van der Waals surface area contributed by atoms with Crippen molar-refractivity contribution in [1.29, 1.82) is 0 Å². The molecular weight excluding hydrogens is 250 g/mol. The van der Waals surface area contributed by atoms with Crippen molar-refractivity contribution in [2.24, 2.45) is 0 Å². The summed E-state index contributed by atoms with van der Waals surface area (Å²) in [6.45, 7) is 0.772. The van der Waals surface area contributed by atoms with Crippen LogP contribution < -0.4 is 11.1 Å². The molecule has 94 valence electrons. The quantitative estimate of drug-likeness (QED) is 0.493. The van der Waals surface area contributed by atoms with E-state index < -0.39 is 4.92 Å². The van der Waals surface area contributed by atoms with Crippen molar-refractivity contribution in [3.63, 3.8) is 0 Å². The van der Waals surface area contributed by atoms with Crippen molar-refractivity contribution >= 4 is 28.4 Å². The first-order valence-electron chi connectivity index (χ1n) is 5.45. The molecule has 18 heavy (non-hydrogen) atoms. The molecule has 0 amide bonds. The predicted molar refractivity (Wildman–Crippen MR) is 74.0 cm³/mol. The minimum Gasteiger partial charge on any atom is -0.393 e. The number of nitro benzene ring substituents is 1. The van der Waals surface area contributed by atoms with Gasteiger partial charge in [-0.05, 0) is 40.9 Å². The zero-order valence-electron chi connectivity index (χ0n) is 9.63. The Hall–Kier alpha value is -2.08. The maximum absolute atomic E-state index is 10.6. The van der Waals surface area contributed by atoms with E-state index in [1.807, 2.05) is 5.38 Å². The number of anilines is 2. The lowest BCUT2D eigenvalue weighted by molar-refractivity contribution is -0.383. The molecule has 2 aromatic rings. The van der Waals surface area contributed by atoms with Crippen LogP contribution in [-0.4, -0.2) is 11.5 Å². The van der Waals surface area contributed by atoms with Crippen molar-refractivity contribution in [3.8, 4) is 0 Å². The molecule has 0 unspecified atom stereocenters. The number of nitrogen functional groups attached to an aromatic ring is 1. The fourth-order valence-electron chi connectivity index (χ4n) is 1.62. The average molecular weight is 263 g/mol. The van der Waals surface area contributed by atoms with E-state index in [-0.39, 0.29) is 11.4 Å². The van der Waals surface area contributed by atoms with E-state index in [0.717, 1.165) is 18.7 Å². The van der Waals surface area contributed by atoms with Crippen molar-refractivity contribution in [2.75, 3.05) is 17.6 Å². The summed E-state index contributed by atoms with van der Waals surface area (Å²) < 4.78 is 0. The summed E-state index contributed by atoms with van der Waals surface area (Å²) in [5, 5.41) is 17.9. The maximum atomic E-state index is 10.6. The first-order valence-corrected chi connectivity index (χ1v) is 6.40. The molecule has 6 heteroatoms. The zero-order valence-corrected chi connectivity index (χ0v) is 10.4. The standard InChI is InChI=1S/C12H13N3O2S/c13-11-7-10(1-2-12(11)15(16)17)14-5-3-9-4-6-18-8-9/h1-2,4,6-8,14H,3,5,13H2. The molecule has 1 aromatic carbocycles. The minimum atomic E-state index is -0.482. The molecule has 0 spiro atoms. The van der Waals surface area contributed by atoms with Gasteiger partial charge in [-0.15, -0.1) is 0 Å². The molecule has 0 aliphatic rings. The molecule has 2 rings (SSSR count). The molecule has 0 radical (unpaired) electrons. The van der Waals surface area contributed by atoms with Gasteiger partial charge >= 0.3 is 0 Å². The number of benzene rings is 1. The summed E-state index contributed by atoms with van der Waals surface area (Å²) in [7, 11) is 0. The monoisotopic (exact) mass is 263 g/mol. The van der Waals surface area contributed by atoms with E-state index in [1.54, 1.807) is 23.5 Å². The Bertz CT molecular complexity index is 540. The van der Waals surface area contributed by atoms with Crippen LogP contribution in [0, 0.1) is 10.1 Å². The maximum Gasteiger partial charge on any atom is 0.292 e. The van der Waals surface area contributed by atoms with Gasteiger partial charge in [-0.25, -0.2) is 0 Å². The number of nitro groups is 1. The van der Waals surface area contributed by atoms with Crippen LogP contribution in [0.4, 0.5) is 17.1 Å². The number of nitrogens with two attached hydrogens (primary N) is 1. The van der Waals surface area contributed by atoms with Crippen molar-refractivity contribution < 1.29 is 4.92 Å². The number of nitrogens with zero attached hydrogens (tertiary/aromatic N) is 1. The number of hydrogen-bond donors (Lipinski definition) is 2. The van der Waals surface area contributed by atoms with E-state index in [4.69, 9.17) is 5.73 Å². The Balaban J connectivity index is 1.94. The summed E-state index contributed by atoms with van der Waals surface area (Å²) >= 11 is 1.67. The third-order valence-electron chi connectivity index (χ3n) is 2.55. The minimum absolute atomic E-state index is 0.0571. The second-order valence-corrected chi connectivity index (χ2v) is 4.62. The second kappa shape index (κ2) is 5.50. The van der Waals surface area contributed by atoms with Crippen LogP contribution in [-0.2, 0) is 6.42 Å². The number of nitrogens with one attached hydrogen (secondary N) is 1. The lowest BCUT2D eigenvalue weighted by atomic mass is 10.2. The molecule has 0 saturated heterocycles. The van der Waals surface area contributed by atoms with Gasteiger partial charge in [0.15, 0.2) is 0 Å². The van der Waals surface area contributed by atoms with Crippen LogP contribution in [0.2, 0.25) is 0 Å². The highest BCUT2D eigenvalue weighted by atomic mass is 32.1. The number of rotatable bonds is 5. The van der Waals surface area contributed by atoms with Crippen molar-refractivity contribution in [2.45, 2.75) is 6.42 Å². The second-order valence-electron chi connectivity index (χ2n) is 3.84. The fraction of sp³-hybridized carbons (Fsp3) is 0.167. The SMILES string of the molecule is Nc1cc(NCCc2ccsc2)ccc1[N+](=O)[O-]. The first kappa shape index (κ1) is 12.4. The Morgan fingerprint density at radius 1 is 1.39 bits per heavy atom. The lowest BCUT2D eigenvalue weighted by Gasteiger charge is -2.06. The summed E-state index contributed by atoms with van der Waals surface area (Å²) in [6, 6.07) is 6.76. The molecule has 1 aromatic heterocycles. The third-order valence-corrected chi connectivity index (χ3v) is 3.28. The summed E-state index contributed by atoms with van der Waals surface area (Å²) in [6.07, 6.45) is 0.917. The van der Waals surface area contributed by atoms with Gasteiger partial charge in [0.2, 0.25) is 0 Å². The summed E-state index contributed by atoms with van der Waals surface area (Å²) in [4.78, 5) is 10.1. The molecule has 5 nitrogen and oxygen atoms in total. The van der Waals surface area contributed by atoms with Crippen LogP contribution >= 0.6 is 11.3 Å². The van der Waals surface area contributed by atoms with E-state index in [0.29, 0.717) is 0 Å². The smallest absolute Gasteiger partial charge is 0.292 e. The van der Waals surface area contributed by atoms with Gasteiger partial charge < -0.3 is 11.1 Å². The lowest BCUT2D eigenvalue weighted by Crippen LogP contribution is -2.05. The highest BCUT2D eigenvalue weighted by molar-refractivity contribution is 7.07. The summed E-state index contributed by atoms with van der Waals surface area (Å²) in [5.74, 6) is 0. The molecule has 0 aliphatic carbocycles. The molecule has 0 atom stereocenters. The normalized spacial score (nSPS) is 10.2. The largest absolute Gasteiger partial charge is 0.393 e. The fourth-order valence-corrected chi connectivity index (χ4v) is 2.32. The van der Waals surface area contributed by atoms with Crippen LogP contribution in [0.1, 0.15) is 5.56 Å². The highest BCUT2D eigenvalue weighted by Gasteiger charge is 2.10. The molecule has 0 saturated carbocycles. The van der Waals surface area contributed by atoms with Gasteiger partial charge in [-0.2, -0.15) is 11.3 Å². The average Bonchev–Trinajstić information content (AvgIpc) is 2.81. The molecule has 3 N–H and O–H groups in total. The first-order chi connectivity index (χ1) is 8.66. The van der Waals surface area contributed by atoms with Gasteiger partial charge in [0, 0.05) is 18.3 Å². The molecule has 0 fully saturated rings. The molecule has 1 heterocycles. The molecule has 0 bridgehead atoms. The number of hydrogen-bond acceptors (Lipinski definition) is 5. The Morgan fingerprint density at radius 3 is 2.83 bits per heavy atom. The Labute approximate surface area is 108 Å². The predicted octanol–water partition coefficient (Wildman–Crippen LogP) is 2.89. The van der Waals surface area contributed by atoms with Gasteiger partial charge in [0.05, 0.1) is 4.92 Å². The van der Waals surface area contributed by atoms with E-state index in [2.05, 4.69) is 16.8 Å². The highest BCUT2D eigenvalue weighted by Crippen LogP contribution is 2.24. The van der Waals surface area contributed by atoms with Crippen LogP contribution in [0.3, 0.4) is 0 Å². The van der Waals surface area contributed by atoms with E-state index in [9.17, 15) is 10.1 Å². The number of thiophene rings is 1. The summed E-state index contributed by atoms with van der Waals surface area (Å²) in [5.41, 5.74) is 7.81. The molecular formula is C12H13N3O2S. The third kappa shape index (κ3) is 2.98. The van der Waals surface area contributed by atoms with Crippen LogP contribution in [0.25, 0.3) is 0 Å². The van der Waals surface area contributed by atoms with Crippen LogP contribution in [0.5, 0.6) is 0 Å². The van der Waals surface area contributed by atoms with Gasteiger partial charge in [0.1, 0.15) is 5.69 Å². The Morgan fingerprint density at radius 2 is 2.22 bits per heavy atom. The zero-order chi connectivity index (χ0) is 13.0. The van der Waals surface area contributed by atoms with Gasteiger partial charge in [-0.3, -0.25) is 10.1 Å². The van der Waals surface area contributed by atoms with Gasteiger partial charge in [-0.1, -0.05) is 0 Å². The Kier molecular flexibility index (Phi) is 3.78. The van der Waals surface area contributed by atoms with Crippen LogP contribution in [0.15, 0.2) is 35.0 Å². The van der Waals surface area contributed by atoms with Gasteiger partial charge in [0.25, 0.3) is 5.69 Å². The topological polar surface area (TPSA) is 81.2 Å². The molecule has 0 aliphatic heterocycles. The van der Waals surface area contributed by atoms with Crippen molar-refractivity contribution in [3.05, 3.63) is 50.7 Å². The van der Waals surface area contributed by atoms with Crippen molar-refractivity contribution in [1.82, 2.24) is 0 Å².